The van der Waals surface area contributed by atoms with Crippen molar-refractivity contribution in [2.75, 3.05) is 6.79 Å². The molecule has 132 valence electrons. The Bertz CT molecular complexity index is 999. The van der Waals surface area contributed by atoms with Gasteiger partial charge in [0.15, 0.2) is 0 Å². The first-order chi connectivity index (χ1) is 11.9. The summed E-state index contributed by atoms with van der Waals surface area (Å²) in [6, 6.07) is 16.1. The topological polar surface area (TPSA) is 69.7 Å². The van der Waals surface area contributed by atoms with Crippen LogP contribution in [-0.4, -0.2) is 56.5 Å². The number of benzene rings is 3. The first-order valence-corrected chi connectivity index (χ1v) is 8.61. The third-order valence-corrected chi connectivity index (χ3v) is 4.46. The molecule has 5 nitrogen and oxygen atoms in total. The van der Waals surface area contributed by atoms with E-state index in [4.69, 9.17) is 4.74 Å². The van der Waals surface area contributed by atoms with E-state index in [-0.39, 0.29) is 35.1 Å². The number of carbonyl (C=O) groups excluding carboxylic acids is 1. The van der Waals surface area contributed by atoms with Crippen LogP contribution in [0.2, 0.25) is 0 Å². The van der Waals surface area contributed by atoms with Crippen molar-refractivity contribution in [1.82, 2.24) is 0 Å². The van der Waals surface area contributed by atoms with Gasteiger partial charge < -0.3 is 4.74 Å². The van der Waals surface area contributed by atoms with Crippen molar-refractivity contribution in [3.8, 4) is 0 Å². The molecule has 0 fully saturated rings. The van der Waals surface area contributed by atoms with E-state index in [1.165, 1.54) is 0 Å². The first kappa shape index (κ1) is 20.7. The number of alkyl halides is 2. The molecule has 0 radical (unpaired) electrons. The molecule has 0 heterocycles. The van der Waals surface area contributed by atoms with Crippen LogP contribution in [0.1, 0.15) is 10.4 Å². The second-order valence-electron chi connectivity index (χ2n) is 5.11. The summed E-state index contributed by atoms with van der Waals surface area (Å²) in [6.45, 7) is -1.12. The van der Waals surface area contributed by atoms with Crippen molar-refractivity contribution >= 4 is 67.2 Å². The van der Waals surface area contributed by atoms with Crippen LogP contribution < -0.4 is 0 Å². The molecule has 3 rings (SSSR count). The summed E-state index contributed by atoms with van der Waals surface area (Å²) in [4.78, 5) is 12.4. The molecule has 0 bridgehead atoms. The summed E-state index contributed by atoms with van der Waals surface area (Å²) in [7, 11) is -5.07. The van der Waals surface area contributed by atoms with E-state index in [1.807, 2.05) is 30.3 Å². The number of fused-ring (bicyclic) bond motifs is 2. The number of hydrogen-bond acceptors (Lipinski definition) is 5. The van der Waals surface area contributed by atoms with Gasteiger partial charge in [-0.3, -0.25) is 0 Å². The van der Waals surface area contributed by atoms with Gasteiger partial charge in [0.2, 0.25) is 6.79 Å². The molecule has 3 aromatic rings. The fourth-order valence-corrected chi connectivity index (χ4v) is 2.79. The fourth-order valence-electron chi connectivity index (χ4n) is 2.50. The third-order valence-electron chi connectivity index (χ3n) is 3.60. The minimum atomic E-state index is -5.07. The molecule has 0 amide bonds. The number of halogens is 2. The predicted octanol–water partition coefficient (Wildman–Crippen LogP) is 3.03. The number of hydrogen-bond donors (Lipinski definition) is 0. The van der Waals surface area contributed by atoms with Crippen LogP contribution in [0.15, 0.2) is 54.6 Å². The zero-order valence-corrected chi connectivity index (χ0v) is 13.5. The summed E-state index contributed by atoms with van der Waals surface area (Å²) in [5.74, 6) is -4.57. The van der Waals surface area contributed by atoms with Crippen LogP contribution >= 0.6 is 0 Å². The summed E-state index contributed by atoms with van der Waals surface area (Å²) in [6.07, 6.45) is 0. The van der Waals surface area contributed by atoms with E-state index in [9.17, 15) is 22.0 Å². The standard InChI is InChI=1S/C17H12F2O5S.Na.H/c18-17(19)25(21,22)24-10-23-16(20)15-13-7-3-1-5-11(13)9-12-6-2-4-8-14(12)15;;/h1-9,17H,10H2;;. The van der Waals surface area contributed by atoms with Crippen molar-refractivity contribution in [2.45, 2.75) is 5.76 Å². The van der Waals surface area contributed by atoms with Crippen molar-refractivity contribution < 1.29 is 30.9 Å². The van der Waals surface area contributed by atoms with E-state index in [2.05, 4.69) is 4.18 Å². The maximum atomic E-state index is 12.4. The molecular weight excluding hydrogens is 377 g/mol. The van der Waals surface area contributed by atoms with Crippen LogP contribution in [0.3, 0.4) is 0 Å². The molecule has 0 atom stereocenters. The molecule has 0 aromatic heterocycles. The van der Waals surface area contributed by atoms with Gasteiger partial charge in [-0.15, -0.1) is 0 Å². The molecule has 0 aliphatic rings. The van der Waals surface area contributed by atoms with Gasteiger partial charge in [0.25, 0.3) is 0 Å². The Morgan fingerprint density at radius 2 is 1.46 bits per heavy atom. The summed E-state index contributed by atoms with van der Waals surface area (Å²) >= 11 is 0. The Kier molecular flexibility index (Phi) is 6.70. The van der Waals surface area contributed by atoms with Gasteiger partial charge in [-0.2, -0.15) is 17.2 Å². The summed E-state index contributed by atoms with van der Waals surface area (Å²) in [5.41, 5.74) is 0.215. The fraction of sp³-hybridized carbons (Fsp3) is 0.118. The Hall–Kier alpha value is -1.58. The third kappa shape index (κ3) is 4.21. The number of rotatable bonds is 5. The first-order valence-electron chi connectivity index (χ1n) is 7.14. The van der Waals surface area contributed by atoms with Crippen molar-refractivity contribution in [2.24, 2.45) is 0 Å². The van der Waals surface area contributed by atoms with Crippen molar-refractivity contribution in [3.63, 3.8) is 0 Å². The maximum absolute atomic E-state index is 12.4. The van der Waals surface area contributed by atoms with Gasteiger partial charge in [0.1, 0.15) is 0 Å². The van der Waals surface area contributed by atoms with Crippen LogP contribution in [0.25, 0.3) is 21.5 Å². The van der Waals surface area contributed by atoms with E-state index >= 15 is 0 Å². The zero-order chi connectivity index (χ0) is 18.0. The van der Waals surface area contributed by atoms with Gasteiger partial charge in [-0.1, -0.05) is 48.5 Å². The Labute approximate surface area is 170 Å². The molecule has 0 spiro atoms. The van der Waals surface area contributed by atoms with E-state index in [1.54, 1.807) is 24.3 Å². The van der Waals surface area contributed by atoms with E-state index < -0.39 is 28.6 Å². The van der Waals surface area contributed by atoms with Gasteiger partial charge in [-0.05, 0) is 27.6 Å². The van der Waals surface area contributed by atoms with E-state index in [0.717, 1.165) is 10.8 Å². The molecular formula is C17H13F2NaO5S. The van der Waals surface area contributed by atoms with Crippen LogP contribution in [0.4, 0.5) is 8.78 Å². The number of ether oxygens (including phenoxy) is 1. The van der Waals surface area contributed by atoms with Crippen LogP contribution in [0.5, 0.6) is 0 Å². The molecule has 0 N–H and O–H groups in total. The Morgan fingerprint density at radius 3 is 1.96 bits per heavy atom. The number of carbonyl (C=O) groups is 1. The predicted molar refractivity (Wildman–Crippen MR) is 94.9 cm³/mol. The molecule has 9 heteroatoms. The molecule has 3 aromatic carbocycles. The molecule has 0 aliphatic carbocycles. The Balaban J connectivity index is 0.00000243. The van der Waals surface area contributed by atoms with Gasteiger partial charge in [0.05, 0.1) is 5.56 Å². The number of esters is 1. The second kappa shape index (κ2) is 8.41. The van der Waals surface area contributed by atoms with Crippen molar-refractivity contribution in [3.05, 3.63) is 60.2 Å². The van der Waals surface area contributed by atoms with Crippen molar-refractivity contribution in [1.29, 1.82) is 0 Å². The average molecular weight is 390 g/mol. The van der Waals surface area contributed by atoms with Gasteiger partial charge >= 0.3 is 51.4 Å². The van der Waals surface area contributed by atoms with E-state index in [0.29, 0.717) is 10.8 Å². The Morgan fingerprint density at radius 1 is 0.962 bits per heavy atom. The average Bonchev–Trinajstić information content (AvgIpc) is 2.59. The quantitative estimate of drug-likeness (QED) is 0.220. The zero-order valence-electron chi connectivity index (χ0n) is 12.7. The van der Waals surface area contributed by atoms with Crippen LogP contribution in [-0.2, 0) is 19.0 Å². The van der Waals surface area contributed by atoms with Gasteiger partial charge in [-0.25, -0.2) is 8.98 Å². The minimum absolute atomic E-state index is 0. The normalized spacial score (nSPS) is 11.5. The summed E-state index contributed by atoms with van der Waals surface area (Å²) in [5, 5.41) is 2.77. The molecule has 0 saturated carbocycles. The monoisotopic (exact) mass is 390 g/mol. The second-order valence-corrected chi connectivity index (χ2v) is 6.69. The molecule has 0 unspecified atom stereocenters. The van der Waals surface area contributed by atoms with Crippen LogP contribution in [0, 0.1) is 0 Å². The SMILES string of the molecule is O=C(OCOS(=O)(=O)C(F)F)c1c2ccccc2cc2ccccc12.[NaH]. The van der Waals surface area contributed by atoms with Gasteiger partial charge in [0, 0.05) is 0 Å². The molecule has 26 heavy (non-hydrogen) atoms. The summed E-state index contributed by atoms with van der Waals surface area (Å²) < 4.78 is 55.0. The molecule has 0 aliphatic heterocycles. The molecule has 0 saturated heterocycles.